The van der Waals surface area contributed by atoms with E-state index in [0.717, 1.165) is 24.3 Å². The molecule has 1 rings (SSSR count). The minimum absolute atomic E-state index is 0.380. The van der Waals surface area contributed by atoms with Crippen LogP contribution < -0.4 is 4.74 Å². The first-order chi connectivity index (χ1) is 7.19. The summed E-state index contributed by atoms with van der Waals surface area (Å²) < 4.78 is 5.64. The summed E-state index contributed by atoms with van der Waals surface area (Å²) in [6.07, 6.45) is 0.998. The van der Waals surface area contributed by atoms with E-state index in [1.807, 2.05) is 12.1 Å². The van der Waals surface area contributed by atoms with Crippen LogP contribution >= 0.6 is 0 Å². The zero-order valence-electron chi connectivity index (χ0n) is 9.58. The van der Waals surface area contributed by atoms with E-state index in [4.69, 9.17) is 10.00 Å². The predicted molar refractivity (Wildman–Crippen MR) is 61.0 cm³/mol. The summed E-state index contributed by atoms with van der Waals surface area (Å²) in [6, 6.07) is 7.76. The number of hydrogen-bond acceptors (Lipinski definition) is 2. The van der Waals surface area contributed by atoms with Crippen LogP contribution in [0.25, 0.3) is 0 Å². The summed E-state index contributed by atoms with van der Waals surface area (Å²) in [5.41, 5.74) is 1.81. The number of hydrogen-bond donors (Lipinski definition) is 0. The molecule has 15 heavy (non-hydrogen) atoms. The summed E-state index contributed by atoms with van der Waals surface area (Å²) in [6.45, 7) is 7.02. The molecule has 0 spiro atoms. The summed E-state index contributed by atoms with van der Waals surface area (Å²) in [5.74, 6) is 1.29. The number of rotatable bonds is 4. The smallest absolute Gasteiger partial charge is 0.122 e. The average Bonchev–Trinajstić information content (AvgIpc) is 2.26. The molecule has 0 unspecified atom stereocenters. The molecular weight excluding hydrogens is 186 g/mol. The van der Waals surface area contributed by atoms with Crippen LogP contribution in [0.4, 0.5) is 0 Å². The number of ether oxygens (including phenoxy) is 1. The Labute approximate surface area is 91.5 Å². The lowest BCUT2D eigenvalue weighted by Crippen LogP contribution is -2.00. The molecule has 0 radical (unpaired) electrons. The molecule has 80 valence electrons. The minimum atomic E-state index is 0.380. The van der Waals surface area contributed by atoms with Gasteiger partial charge >= 0.3 is 0 Å². The van der Waals surface area contributed by atoms with Crippen LogP contribution in [0.3, 0.4) is 0 Å². The van der Waals surface area contributed by atoms with Gasteiger partial charge in [0.2, 0.25) is 0 Å². The second-order valence-corrected chi connectivity index (χ2v) is 3.87. The fourth-order valence-corrected chi connectivity index (χ4v) is 1.41. The highest BCUT2D eigenvalue weighted by Gasteiger charge is 2.08. The van der Waals surface area contributed by atoms with Gasteiger partial charge in [-0.05, 0) is 36.1 Å². The van der Waals surface area contributed by atoms with E-state index < -0.39 is 0 Å². The number of nitriles is 1. The number of nitrogens with zero attached hydrogens (tertiary/aromatic N) is 1. The van der Waals surface area contributed by atoms with E-state index >= 15 is 0 Å². The normalized spacial score (nSPS) is 10.1. The molecule has 0 aromatic heterocycles. The van der Waals surface area contributed by atoms with E-state index in [1.54, 1.807) is 6.07 Å². The molecule has 0 aliphatic carbocycles. The molecule has 0 N–H and O–H groups in total. The second kappa shape index (κ2) is 5.41. The largest absolute Gasteiger partial charge is 0.493 e. The third-order valence-corrected chi connectivity index (χ3v) is 2.22. The third kappa shape index (κ3) is 2.99. The van der Waals surface area contributed by atoms with Gasteiger partial charge in [-0.1, -0.05) is 20.8 Å². The molecule has 0 heterocycles. The molecule has 0 aliphatic heterocycles. The Morgan fingerprint density at radius 2 is 2.13 bits per heavy atom. The quantitative estimate of drug-likeness (QED) is 0.750. The third-order valence-electron chi connectivity index (χ3n) is 2.22. The van der Waals surface area contributed by atoms with Crippen molar-refractivity contribution >= 4 is 0 Å². The van der Waals surface area contributed by atoms with E-state index in [0.29, 0.717) is 11.5 Å². The summed E-state index contributed by atoms with van der Waals surface area (Å²) in [7, 11) is 0. The first-order valence-corrected chi connectivity index (χ1v) is 5.35. The van der Waals surface area contributed by atoms with Crippen LogP contribution in [-0.2, 0) is 0 Å². The fourth-order valence-electron chi connectivity index (χ4n) is 1.41. The minimum Gasteiger partial charge on any atom is -0.493 e. The van der Waals surface area contributed by atoms with E-state index in [9.17, 15) is 0 Å². The lowest BCUT2D eigenvalue weighted by Gasteiger charge is -2.13. The van der Waals surface area contributed by atoms with Gasteiger partial charge in [0.05, 0.1) is 18.2 Å². The van der Waals surface area contributed by atoms with Gasteiger partial charge < -0.3 is 4.74 Å². The molecule has 0 fully saturated rings. The zero-order chi connectivity index (χ0) is 11.3. The molecule has 0 saturated carbocycles. The van der Waals surface area contributed by atoms with Crippen LogP contribution in [0, 0.1) is 11.3 Å². The Kier molecular flexibility index (Phi) is 4.17. The highest BCUT2D eigenvalue weighted by molar-refractivity contribution is 5.43. The highest BCUT2D eigenvalue weighted by Crippen LogP contribution is 2.27. The van der Waals surface area contributed by atoms with Crippen molar-refractivity contribution in [2.75, 3.05) is 6.61 Å². The average molecular weight is 203 g/mol. The van der Waals surface area contributed by atoms with Gasteiger partial charge in [-0.3, -0.25) is 0 Å². The molecule has 1 aromatic carbocycles. The van der Waals surface area contributed by atoms with Crippen molar-refractivity contribution in [2.45, 2.75) is 33.1 Å². The first kappa shape index (κ1) is 11.6. The maximum Gasteiger partial charge on any atom is 0.122 e. The molecule has 0 atom stereocenters. The molecule has 0 bridgehead atoms. The molecule has 0 amide bonds. The first-order valence-electron chi connectivity index (χ1n) is 5.35. The monoisotopic (exact) mass is 203 g/mol. The maximum absolute atomic E-state index is 8.82. The summed E-state index contributed by atoms with van der Waals surface area (Å²) in [5, 5.41) is 8.82. The predicted octanol–water partition coefficient (Wildman–Crippen LogP) is 3.47. The summed E-state index contributed by atoms with van der Waals surface area (Å²) >= 11 is 0. The van der Waals surface area contributed by atoms with Gasteiger partial charge in [0, 0.05) is 0 Å². The molecule has 0 saturated heterocycles. The number of benzene rings is 1. The molecule has 2 heteroatoms. The van der Waals surface area contributed by atoms with Gasteiger partial charge in [-0.2, -0.15) is 5.26 Å². The zero-order valence-corrected chi connectivity index (χ0v) is 9.58. The molecule has 1 aromatic rings. The van der Waals surface area contributed by atoms with E-state index in [2.05, 4.69) is 26.8 Å². The second-order valence-electron chi connectivity index (χ2n) is 3.87. The Balaban J connectivity index is 3.00. The van der Waals surface area contributed by atoms with Crippen molar-refractivity contribution < 1.29 is 4.74 Å². The van der Waals surface area contributed by atoms with Gasteiger partial charge in [0.25, 0.3) is 0 Å². The Bertz CT molecular complexity index is 363. The van der Waals surface area contributed by atoms with Gasteiger partial charge in [-0.15, -0.1) is 0 Å². The van der Waals surface area contributed by atoms with Crippen molar-refractivity contribution in [1.29, 1.82) is 5.26 Å². The summed E-state index contributed by atoms with van der Waals surface area (Å²) in [4.78, 5) is 0. The van der Waals surface area contributed by atoms with Crippen molar-refractivity contribution in [2.24, 2.45) is 0 Å². The van der Waals surface area contributed by atoms with Crippen LogP contribution in [0.5, 0.6) is 5.75 Å². The standard InChI is InChI=1S/C13H17NO/c1-4-7-15-13-6-5-11(9-14)8-12(13)10(2)3/h5-6,8,10H,4,7H2,1-3H3. The lowest BCUT2D eigenvalue weighted by atomic mass is 10.00. The van der Waals surface area contributed by atoms with Crippen LogP contribution in [0.15, 0.2) is 18.2 Å². The van der Waals surface area contributed by atoms with Gasteiger partial charge in [0.15, 0.2) is 0 Å². The van der Waals surface area contributed by atoms with E-state index in [1.165, 1.54) is 0 Å². The Morgan fingerprint density at radius 3 is 2.67 bits per heavy atom. The molecule has 0 aliphatic rings. The van der Waals surface area contributed by atoms with Crippen molar-refractivity contribution in [1.82, 2.24) is 0 Å². The van der Waals surface area contributed by atoms with Crippen molar-refractivity contribution in [3.63, 3.8) is 0 Å². The topological polar surface area (TPSA) is 33.0 Å². The molecule has 2 nitrogen and oxygen atoms in total. The fraction of sp³-hybridized carbons (Fsp3) is 0.462. The highest BCUT2D eigenvalue weighted by atomic mass is 16.5. The Hall–Kier alpha value is -1.49. The van der Waals surface area contributed by atoms with Crippen LogP contribution in [-0.4, -0.2) is 6.61 Å². The van der Waals surface area contributed by atoms with E-state index in [-0.39, 0.29) is 0 Å². The van der Waals surface area contributed by atoms with Crippen molar-refractivity contribution in [3.05, 3.63) is 29.3 Å². The SMILES string of the molecule is CCCOc1ccc(C#N)cc1C(C)C. The molecular formula is C13H17NO. The van der Waals surface area contributed by atoms with Crippen molar-refractivity contribution in [3.8, 4) is 11.8 Å². The maximum atomic E-state index is 8.82. The van der Waals surface area contributed by atoms with Crippen LogP contribution in [0.2, 0.25) is 0 Å². The van der Waals surface area contributed by atoms with Gasteiger partial charge in [-0.25, -0.2) is 0 Å². The van der Waals surface area contributed by atoms with Crippen LogP contribution in [0.1, 0.15) is 44.2 Å². The lowest BCUT2D eigenvalue weighted by molar-refractivity contribution is 0.313. The Morgan fingerprint density at radius 1 is 1.40 bits per heavy atom. The van der Waals surface area contributed by atoms with Gasteiger partial charge in [0.1, 0.15) is 5.75 Å².